The number of rotatable bonds is 3. The number of hydrogen-bond donors (Lipinski definition) is 1. The van der Waals surface area contributed by atoms with Gasteiger partial charge < -0.3 is 4.74 Å². The van der Waals surface area contributed by atoms with E-state index in [2.05, 4.69) is 24.9 Å². The fourth-order valence-corrected chi connectivity index (χ4v) is 1.31. The molecule has 8 heteroatoms. The molecule has 3 radical (unpaired) electrons. The number of hydrogen-bond acceptors (Lipinski definition) is 6. The first-order valence-electron chi connectivity index (χ1n) is 4.68. The Morgan fingerprint density at radius 1 is 1.65 bits per heavy atom. The number of halogens is 1. The summed E-state index contributed by atoms with van der Waals surface area (Å²) in [5, 5.41) is 0.902. The standard InChI is InChI=1S/C9H12FN4O2Si/c1-9(2,7(15)16-3)14(11)6-5(10)4-12-8(17)13-6/h4H,11H2,1-3H3. The molecule has 0 aliphatic carbocycles. The Balaban J connectivity index is 3.15. The van der Waals surface area contributed by atoms with Crippen LogP contribution in [0.15, 0.2) is 6.20 Å². The van der Waals surface area contributed by atoms with Crippen molar-refractivity contribution in [3.63, 3.8) is 0 Å². The fraction of sp³-hybridized carbons (Fsp3) is 0.444. The number of esters is 1. The van der Waals surface area contributed by atoms with Crippen molar-refractivity contribution in [2.75, 3.05) is 12.1 Å². The summed E-state index contributed by atoms with van der Waals surface area (Å²) in [7, 11) is 4.28. The summed E-state index contributed by atoms with van der Waals surface area (Å²) in [5.74, 6) is 4.17. The SMILES string of the molecule is COC(=O)C(C)(C)N(N)c1nc([Si])ncc1F. The third-order valence-electron chi connectivity index (χ3n) is 2.24. The lowest BCUT2D eigenvalue weighted by Gasteiger charge is -2.32. The number of nitrogens with two attached hydrogens (primary N) is 1. The van der Waals surface area contributed by atoms with E-state index in [9.17, 15) is 9.18 Å². The number of nitrogens with zero attached hydrogens (tertiary/aromatic N) is 3. The molecule has 0 unspecified atom stereocenters. The van der Waals surface area contributed by atoms with E-state index in [0.29, 0.717) is 0 Å². The van der Waals surface area contributed by atoms with Crippen molar-refractivity contribution >= 4 is 27.5 Å². The molecular formula is C9H12FN4O2Si. The summed E-state index contributed by atoms with van der Waals surface area (Å²) < 4.78 is 18.1. The molecule has 0 saturated heterocycles. The van der Waals surface area contributed by atoms with Crippen LogP contribution in [0.2, 0.25) is 0 Å². The topological polar surface area (TPSA) is 81.3 Å². The Labute approximate surface area is 101 Å². The number of anilines is 1. The second kappa shape index (κ2) is 4.76. The molecule has 0 spiro atoms. The largest absolute Gasteiger partial charge is 0.467 e. The first-order chi connectivity index (χ1) is 7.80. The molecule has 0 saturated carbocycles. The summed E-state index contributed by atoms with van der Waals surface area (Å²) in [4.78, 5) is 18.9. The lowest BCUT2D eigenvalue weighted by molar-refractivity contribution is -0.145. The molecule has 0 aromatic carbocycles. The Bertz CT molecular complexity index is 441. The average Bonchev–Trinajstić information content (AvgIpc) is 2.30. The lowest BCUT2D eigenvalue weighted by atomic mass is 10.1. The second-order valence-electron chi connectivity index (χ2n) is 3.79. The van der Waals surface area contributed by atoms with E-state index in [0.717, 1.165) is 11.2 Å². The molecule has 2 N–H and O–H groups in total. The lowest BCUT2D eigenvalue weighted by Crippen LogP contribution is -2.56. The molecule has 17 heavy (non-hydrogen) atoms. The van der Waals surface area contributed by atoms with Crippen LogP contribution in [-0.4, -0.2) is 38.8 Å². The van der Waals surface area contributed by atoms with Crippen molar-refractivity contribution < 1.29 is 13.9 Å². The van der Waals surface area contributed by atoms with E-state index in [4.69, 9.17) is 5.84 Å². The van der Waals surface area contributed by atoms with Gasteiger partial charge in [-0.25, -0.2) is 25.0 Å². The maximum Gasteiger partial charge on any atom is 0.332 e. The van der Waals surface area contributed by atoms with Crippen molar-refractivity contribution in [2.24, 2.45) is 5.84 Å². The highest BCUT2D eigenvalue weighted by Crippen LogP contribution is 2.20. The normalized spacial score (nSPS) is 11.2. The minimum Gasteiger partial charge on any atom is -0.467 e. The van der Waals surface area contributed by atoms with Crippen LogP contribution in [0.1, 0.15) is 13.8 Å². The highest BCUT2D eigenvalue weighted by atomic mass is 28.1. The van der Waals surface area contributed by atoms with E-state index in [1.165, 1.54) is 21.0 Å². The van der Waals surface area contributed by atoms with Gasteiger partial charge in [0, 0.05) is 0 Å². The molecule has 0 aliphatic rings. The molecule has 91 valence electrons. The second-order valence-corrected chi connectivity index (χ2v) is 4.23. The van der Waals surface area contributed by atoms with Crippen LogP contribution >= 0.6 is 0 Å². The first-order valence-corrected chi connectivity index (χ1v) is 5.18. The maximum absolute atomic E-state index is 13.5. The van der Waals surface area contributed by atoms with Crippen molar-refractivity contribution in [3.8, 4) is 0 Å². The Hall–Kier alpha value is -1.54. The smallest absolute Gasteiger partial charge is 0.332 e. The third kappa shape index (κ3) is 2.59. The predicted molar refractivity (Wildman–Crippen MR) is 60.1 cm³/mol. The van der Waals surface area contributed by atoms with Gasteiger partial charge in [0.25, 0.3) is 0 Å². The molecule has 1 rings (SSSR count). The first kappa shape index (κ1) is 13.5. The summed E-state index contributed by atoms with van der Waals surface area (Å²) in [6.07, 6.45) is 0.956. The van der Waals surface area contributed by atoms with Gasteiger partial charge in [-0.05, 0) is 13.8 Å². The molecular weight excluding hydrogens is 243 g/mol. The van der Waals surface area contributed by atoms with Crippen molar-refractivity contribution in [3.05, 3.63) is 12.0 Å². The number of methoxy groups -OCH3 is 1. The van der Waals surface area contributed by atoms with Gasteiger partial charge in [0.15, 0.2) is 11.6 Å². The molecule has 0 bridgehead atoms. The summed E-state index contributed by atoms with van der Waals surface area (Å²) in [6, 6.07) is 0. The summed E-state index contributed by atoms with van der Waals surface area (Å²) >= 11 is 0. The fourth-order valence-electron chi connectivity index (χ4n) is 1.14. The van der Waals surface area contributed by atoms with Gasteiger partial charge in [0.2, 0.25) is 0 Å². The molecule has 1 heterocycles. The van der Waals surface area contributed by atoms with Crippen molar-refractivity contribution in [1.29, 1.82) is 0 Å². The zero-order chi connectivity index (χ0) is 13.2. The van der Waals surface area contributed by atoms with E-state index >= 15 is 0 Å². The molecule has 0 amide bonds. The van der Waals surface area contributed by atoms with Gasteiger partial charge in [0.05, 0.1) is 13.3 Å². The van der Waals surface area contributed by atoms with Gasteiger partial charge in [-0.15, -0.1) is 0 Å². The highest BCUT2D eigenvalue weighted by molar-refractivity contribution is 6.29. The minimum atomic E-state index is -1.25. The number of aromatic nitrogens is 2. The number of carbonyl (C=O) groups is 1. The van der Waals surface area contributed by atoms with Crippen LogP contribution in [0.5, 0.6) is 0 Å². The zero-order valence-corrected chi connectivity index (χ0v) is 10.7. The van der Waals surface area contributed by atoms with E-state index < -0.39 is 17.3 Å². The zero-order valence-electron chi connectivity index (χ0n) is 9.69. The number of ether oxygens (including phenoxy) is 1. The van der Waals surface area contributed by atoms with Crippen LogP contribution in [0.3, 0.4) is 0 Å². The third-order valence-corrected chi connectivity index (χ3v) is 2.48. The van der Waals surface area contributed by atoms with Crippen LogP contribution < -0.4 is 16.3 Å². The van der Waals surface area contributed by atoms with Crippen LogP contribution in [0, 0.1) is 5.82 Å². The molecule has 0 atom stereocenters. The Morgan fingerprint density at radius 3 is 2.76 bits per heavy atom. The summed E-state index contributed by atoms with van der Waals surface area (Å²) in [6.45, 7) is 2.99. The van der Waals surface area contributed by atoms with E-state index in [1.807, 2.05) is 0 Å². The number of carbonyl (C=O) groups excluding carboxylic acids is 1. The molecule has 6 nitrogen and oxygen atoms in total. The van der Waals surface area contributed by atoms with Crippen LogP contribution in [0.4, 0.5) is 10.2 Å². The van der Waals surface area contributed by atoms with Crippen molar-refractivity contribution in [1.82, 2.24) is 9.97 Å². The van der Waals surface area contributed by atoms with Gasteiger partial charge in [-0.2, -0.15) is 0 Å². The van der Waals surface area contributed by atoms with Gasteiger partial charge in [-0.3, -0.25) is 5.01 Å². The van der Waals surface area contributed by atoms with Gasteiger partial charge in [-0.1, -0.05) is 0 Å². The molecule has 1 aromatic rings. The van der Waals surface area contributed by atoms with E-state index in [1.54, 1.807) is 0 Å². The Kier molecular flexibility index (Phi) is 3.78. The maximum atomic E-state index is 13.5. The predicted octanol–water partition coefficient (Wildman–Crippen LogP) is -0.959. The average molecular weight is 255 g/mol. The van der Waals surface area contributed by atoms with Crippen molar-refractivity contribution in [2.45, 2.75) is 19.4 Å². The monoisotopic (exact) mass is 255 g/mol. The number of hydrazine groups is 1. The molecule has 0 aliphatic heterocycles. The van der Waals surface area contributed by atoms with Gasteiger partial charge >= 0.3 is 5.97 Å². The highest BCUT2D eigenvalue weighted by Gasteiger charge is 2.36. The molecule has 1 aromatic heterocycles. The summed E-state index contributed by atoms with van der Waals surface area (Å²) in [5.41, 5.74) is -1.08. The Morgan fingerprint density at radius 2 is 2.24 bits per heavy atom. The van der Waals surface area contributed by atoms with Crippen LogP contribution in [0.25, 0.3) is 0 Å². The molecule has 0 fully saturated rings. The van der Waals surface area contributed by atoms with Crippen LogP contribution in [-0.2, 0) is 9.53 Å². The van der Waals surface area contributed by atoms with E-state index in [-0.39, 0.29) is 11.3 Å². The van der Waals surface area contributed by atoms with Gasteiger partial charge in [0.1, 0.15) is 21.2 Å². The minimum absolute atomic E-state index is 0.164. The quantitative estimate of drug-likeness (QED) is 0.324.